The molecule has 4 unspecified atom stereocenters. The summed E-state index contributed by atoms with van der Waals surface area (Å²) >= 11 is 0. The number of aromatic nitrogens is 1. The average molecular weight is 612 g/mol. The first-order valence-corrected chi connectivity index (χ1v) is 15.2. The van der Waals surface area contributed by atoms with Crippen molar-refractivity contribution in [2.45, 2.75) is 70.7 Å². The summed E-state index contributed by atoms with van der Waals surface area (Å²) in [6.07, 6.45) is 7.91. The summed E-state index contributed by atoms with van der Waals surface area (Å²) in [5.74, 6) is -1.63. The largest absolute Gasteiger partial charge is 0.457 e. The van der Waals surface area contributed by atoms with Crippen LogP contribution in [0, 0.1) is 0 Å². The van der Waals surface area contributed by atoms with Crippen LogP contribution in [0.4, 0.5) is 0 Å². The summed E-state index contributed by atoms with van der Waals surface area (Å²) in [6.45, 7) is 9.34. The normalized spacial score (nSPS) is 16.9. The Bertz CT molecular complexity index is 1560. The van der Waals surface area contributed by atoms with Gasteiger partial charge >= 0.3 is 5.97 Å². The van der Waals surface area contributed by atoms with Crippen molar-refractivity contribution >= 4 is 40.5 Å². The molecule has 2 heterocycles. The van der Waals surface area contributed by atoms with Gasteiger partial charge in [0.05, 0.1) is 5.69 Å². The van der Waals surface area contributed by atoms with E-state index in [-0.39, 0.29) is 18.7 Å². The fraction of sp³-hybridized carbons (Fsp3) is 0.343. The Labute approximate surface area is 263 Å². The van der Waals surface area contributed by atoms with Crippen LogP contribution in [0.25, 0.3) is 16.8 Å². The summed E-state index contributed by atoms with van der Waals surface area (Å²) in [5, 5.41) is 8.83. The standard InChI is InChI=1S/C35H41N5O5/c1-5-7-15-32(41)38-31(19-25-12-9-8-10-13-25)33(42)37-23(3)34(43)40-18-11-14-30(39-40)35(44)45-24(4)26-16-17-27-22-36-29(6-2)21-28(27)20-26/h5-10,12-13,16-17,20-24,30-31,39H,2,11,14-15,18-19H2,1,3-4H3,(H,37,42)(H,38,41). The summed E-state index contributed by atoms with van der Waals surface area (Å²) in [5.41, 5.74) is 5.46. The number of amides is 3. The molecule has 236 valence electrons. The third-order valence-electron chi connectivity index (χ3n) is 7.68. The maximum atomic E-state index is 13.4. The number of ether oxygens (including phenoxy) is 1. The van der Waals surface area contributed by atoms with Crippen molar-refractivity contribution in [3.05, 3.63) is 96.3 Å². The molecule has 4 atom stereocenters. The van der Waals surface area contributed by atoms with Crippen molar-refractivity contribution in [2.75, 3.05) is 6.54 Å². The van der Waals surface area contributed by atoms with Gasteiger partial charge < -0.3 is 15.4 Å². The second kappa shape index (κ2) is 15.8. The second-order valence-corrected chi connectivity index (χ2v) is 11.1. The Hall–Kier alpha value is -4.83. The van der Waals surface area contributed by atoms with Gasteiger partial charge in [-0.1, -0.05) is 61.2 Å². The molecular weight excluding hydrogens is 570 g/mol. The molecule has 10 heteroatoms. The summed E-state index contributed by atoms with van der Waals surface area (Å²) in [6, 6.07) is 14.6. The van der Waals surface area contributed by atoms with E-state index in [1.807, 2.05) is 61.5 Å². The SMILES string of the molecule is C=Cc1cc2cc(C(C)OC(=O)C3CCCN(C(=O)C(C)NC(=O)C(Cc4ccccc4)NC(=O)CC=CC)N3)ccc2cn1. The van der Waals surface area contributed by atoms with E-state index in [2.05, 4.69) is 27.6 Å². The average Bonchev–Trinajstić information content (AvgIpc) is 3.06. The van der Waals surface area contributed by atoms with Crippen LogP contribution in [0.1, 0.15) is 63.0 Å². The van der Waals surface area contributed by atoms with Crippen molar-refractivity contribution in [1.29, 1.82) is 0 Å². The van der Waals surface area contributed by atoms with Gasteiger partial charge in [0.2, 0.25) is 11.8 Å². The number of nitrogens with zero attached hydrogens (tertiary/aromatic N) is 2. The lowest BCUT2D eigenvalue weighted by Crippen LogP contribution is -2.60. The first kappa shape index (κ1) is 33.1. The molecule has 1 aliphatic heterocycles. The van der Waals surface area contributed by atoms with Crippen LogP contribution in [0.2, 0.25) is 0 Å². The second-order valence-electron chi connectivity index (χ2n) is 11.1. The molecule has 1 aromatic heterocycles. The lowest BCUT2D eigenvalue weighted by Gasteiger charge is -2.35. The zero-order valence-corrected chi connectivity index (χ0v) is 26.0. The van der Waals surface area contributed by atoms with Crippen molar-refractivity contribution in [2.24, 2.45) is 0 Å². The summed E-state index contributed by atoms with van der Waals surface area (Å²) < 4.78 is 5.80. The third-order valence-corrected chi connectivity index (χ3v) is 7.68. The molecule has 0 bridgehead atoms. The molecule has 1 fully saturated rings. The van der Waals surface area contributed by atoms with Gasteiger partial charge in [0, 0.05) is 31.0 Å². The maximum Gasteiger partial charge on any atom is 0.325 e. The van der Waals surface area contributed by atoms with Gasteiger partial charge in [0.1, 0.15) is 24.2 Å². The molecule has 0 saturated carbocycles. The van der Waals surface area contributed by atoms with Crippen LogP contribution in [0.3, 0.4) is 0 Å². The number of pyridine rings is 1. The highest BCUT2D eigenvalue weighted by Gasteiger charge is 2.33. The quantitative estimate of drug-likeness (QED) is 0.207. The number of rotatable bonds is 12. The Balaban J connectivity index is 1.35. The Morgan fingerprint density at radius 1 is 1.09 bits per heavy atom. The highest BCUT2D eigenvalue weighted by atomic mass is 16.5. The highest BCUT2D eigenvalue weighted by molar-refractivity contribution is 5.92. The van der Waals surface area contributed by atoms with Crippen molar-refractivity contribution in [3.63, 3.8) is 0 Å². The number of benzene rings is 2. The molecule has 45 heavy (non-hydrogen) atoms. The molecule has 3 amide bonds. The molecule has 0 radical (unpaired) electrons. The van der Waals surface area contributed by atoms with Gasteiger partial charge in [0.25, 0.3) is 5.91 Å². The first-order valence-electron chi connectivity index (χ1n) is 15.2. The number of carbonyl (C=O) groups excluding carboxylic acids is 4. The Morgan fingerprint density at radius 3 is 2.60 bits per heavy atom. The van der Waals surface area contributed by atoms with E-state index in [1.165, 1.54) is 5.01 Å². The first-order chi connectivity index (χ1) is 21.7. The van der Waals surface area contributed by atoms with Gasteiger partial charge in [-0.15, -0.1) is 0 Å². The summed E-state index contributed by atoms with van der Waals surface area (Å²) in [4.78, 5) is 56.5. The topological polar surface area (TPSA) is 130 Å². The molecule has 1 saturated heterocycles. The van der Waals surface area contributed by atoms with Crippen molar-refractivity contribution in [3.8, 4) is 0 Å². The predicted molar refractivity (Wildman–Crippen MR) is 173 cm³/mol. The van der Waals surface area contributed by atoms with E-state index in [1.54, 1.807) is 38.3 Å². The zero-order valence-electron chi connectivity index (χ0n) is 26.0. The maximum absolute atomic E-state index is 13.4. The van der Waals surface area contributed by atoms with Crippen LogP contribution >= 0.6 is 0 Å². The number of esters is 1. The van der Waals surface area contributed by atoms with Gasteiger partial charge in [-0.2, -0.15) is 0 Å². The summed E-state index contributed by atoms with van der Waals surface area (Å²) in [7, 11) is 0. The number of fused-ring (bicyclic) bond motifs is 1. The number of hydrazine groups is 1. The van der Waals surface area contributed by atoms with Crippen molar-refractivity contribution in [1.82, 2.24) is 26.1 Å². The lowest BCUT2D eigenvalue weighted by molar-refractivity contribution is -0.157. The fourth-order valence-electron chi connectivity index (χ4n) is 5.13. The number of hydrogen-bond donors (Lipinski definition) is 3. The van der Waals surface area contributed by atoms with Gasteiger partial charge in [0.15, 0.2) is 0 Å². The van der Waals surface area contributed by atoms with E-state index >= 15 is 0 Å². The van der Waals surface area contributed by atoms with E-state index in [0.717, 1.165) is 27.6 Å². The monoisotopic (exact) mass is 611 g/mol. The molecule has 0 spiro atoms. The van der Waals surface area contributed by atoms with E-state index < -0.39 is 42.0 Å². The molecule has 10 nitrogen and oxygen atoms in total. The number of hydrogen-bond acceptors (Lipinski definition) is 7. The van der Waals surface area contributed by atoms with E-state index in [4.69, 9.17) is 4.74 Å². The molecule has 1 aliphatic rings. The Kier molecular flexibility index (Phi) is 11.6. The number of nitrogens with one attached hydrogen (secondary N) is 3. The third kappa shape index (κ3) is 9.09. The molecule has 0 aliphatic carbocycles. The van der Waals surface area contributed by atoms with Crippen molar-refractivity contribution < 1.29 is 23.9 Å². The zero-order chi connectivity index (χ0) is 32.3. The minimum absolute atomic E-state index is 0.145. The molecule has 3 aromatic rings. The van der Waals surface area contributed by atoms with Crippen LogP contribution < -0.4 is 16.1 Å². The van der Waals surface area contributed by atoms with Gasteiger partial charge in [-0.05, 0) is 68.3 Å². The van der Waals surface area contributed by atoms with Crippen LogP contribution in [-0.4, -0.2) is 58.4 Å². The minimum atomic E-state index is -0.906. The molecule has 2 aromatic carbocycles. The minimum Gasteiger partial charge on any atom is -0.457 e. The fourth-order valence-corrected chi connectivity index (χ4v) is 5.13. The number of carbonyl (C=O) groups is 4. The molecule has 3 N–H and O–H groups in total. The van der Waals surface area contributed by atoms with E-state index in [9.17, 15) is 19.2 Å². The van der Waals surface area contributed by atoms with Crippen LogP contribution in [-0.2, 0) is 30.3 Å². The smallest absolute Gasteiger partial charge is 0.325 e. The van der Waals surface area contributed by atoms with E-state index in [0.29, 0.717) is 19.4 Å². The Morgan fingerprint density at radius 2 is 1.87 bits per heavy atom. The molecular formula is C35H41N5O5. The van der Waals surface area contributed by atoms with Gasteiger partial charge in [-0.3, -0.25) is 29.2 Å². The van der Waals surface area contributed by atoms with Gasteiger partial charge in [-0.25, -0.2) is 5.43 Å². The van der Waals surface area contributed by atoms with Crippen LogP contribution in [0.15, 0.2) is 79.5 Å². The number of allylic oxidation sites excluding steroid dienone is 1. The van der Waals surface area contributed by atoms with Crippen LogP contribution in [0.5, 0.6) is 0 Å². The highest BCUT2D eigenvalue weighted by Crippen LogP contribution is 2.24. The molecule has 4 rings (SSSR count). The predicted octanol–water partition coefficient (Wildman–Crippen LogP) is 4.18. The lowest BCUT2D eigenvalue weighted by atomic mass is 10.0.